The van der Waals surface area contributed by atoms with Gasteiger partial charge in [0.05, 0.1) is 41.6 Å². The number of nitrogens with zero attached hydrogens (tertiary/aromatic N) is 3. The number of hydrogen-bond donors (Lipinski definition) is 0. The molecule has 42 heavy (non-hydrogen) atoms. The van der Waals surface area contributed by atoms with E-state index in [-0.39, 0.29) is 23.6 Å². The van der Waals surface area contributed by atoms with Crippen LogP contribution in [0.5, 0.6) is 11.5 Å². The van der Waals surface area contributed by atoms with Gasteiger partial charge in [-0.2, -0.15) is 0 Å². The zero-order valence-electron chi connectivity index (χ0n) is 23.5. The van der Waals surface area contributed by atoms with E-state index in [1.165, 1.54) is 23.8 Å². The Morgan fingerprint density at radius 1 is 1.14 bits per heavy atom. The predicted octanol–water partition coefficient (Wildman–Crippen LogP) is 4.29. The second-order valence-corrected chi connectivity index (χ2v) is 10.4. The fourth-order valence-electron chi connectivity index (χ4n) is 4.79. The number of esters is 1. The van der Waals surface area contributed by atoms with Crippen LogP contribution in [0.3, 0.4) is 0 Å². The summed E-state index contributed by atoms with van der Waals surface area (Å²) >= 11 is 1.16. The maximum atomic E-state index is 14.0. The molecule has 0 fully saturated rings. The van der Waals surface area contributed by atoms with Crippen LogP contribution in [0.2, 0.25) is 0 Å². The highest BCUT2D eigenvalue weighted by molar-refractivity contribution is 7.07. The van der Waals surface area contributed by atoms with Crippen LogP contribution in [0, 0.1) is 17.0 Å². The molecule has 11 nitrogen and oxygen atoms in total. The van der Waals surface area contributed by atoms with Gasteiger partial charge in [-0.1, -0.05) is 17.4 Å². The molecule has 0 saturated carbocycles. The van der Waals surface area contributed by atoms with Gasteiger partial charge in [0.1, 0.15) is 29.1 Å². The first-order valence-electron chi connectivity index (χ1n) is 12.9. The Labute approximate surface area is 243 Å². The molecule has 2 aromatic heterocycles. The molecule has 4 aromatic rings. The van der Waals surface area contributed by atoms with Gasteiger partial charge in [0.2, 0.25) is 0 Å². The lowest BCUT2D eigenvalue weighted by atomic mass is 10.0. The van der Waals surface area contributed by atoms with Crippen LogP contribution in [0.15, 0.2) is 74.0 Å². The lowest BCUT2D eigenvalue weighted by Crippen LogP contribution is -2.39. The summed E-state index contributed by atoms with van der Waals surface area (Å²) in [5.74, 6) is 1.14. The van der Waals surface area contributed by atoms with E-state index in [2.05, 4.69) is 4.99 Å². The highest BCUT2D eigenvalue weighted by atomic mass is 32.1. The van der Waals surface area contributed by atoms with Crippen molar-refractivity contribution in [3.63, 3.8) is 0 Å². The van der Waals surface area contributed by atoms with Crippen molar-refractivity contribution in [2.75, 3.05) is 20.8 Å². The van der Waals surface area contributed by atoms with Crippen molar-refractivity contribution < 1.29 is 28.3 Å². The summed E-state index contributed by atoms with van der Waals surface area (Å²) in [4.78, 5) is 43.0. The molecular formula is C30H27N3O8S. The molecule has 0 amide bonds. The third kappa shape index (κ3) is 5.12. The molecule has 0 spiro atoms. The molecule has 12 heteroatoms. The lowest BCUT2D eigenvalue weighted by molar-refractivity contribution is -0.384. The SMILES string of the molecule is CCOC(=O)C1=C(C)N=c2s/c(=C\c3cc(OC)ccc3OC)c(=O)n2[C@@H]1c1ccc(-c2cc([N+](=O)[O-])ccc2C)o1. The van der Waals surface area contributed by atoms with Gasteiger partial charge in [0.25, 0.3) is 11.2 Å². The number of aryl methyl sites for hydroxylation is 1. The standard InChI is InChI=1S/C30H27N3O8S/c1-6-40-29(35)26-17(3)31-30-32(28(34)25(42-30)14-18-13-20(38-4)9-10-22(18)39-5)27(26)24-12-11-23(41-24)21-15-19(33(36)37)8-7-16(21)2/h7-15,27H,6H2,1-5H3/b25-14-/t27-/m1/s1. The molecule has 3 heterocycles. The summed E-state index contributed by atoms with van der Waals surface area (Å²) in [5, 5.41) is 11.4. The zero-order chi connectivity index (χ0) is 30.1. The molecule has 216 valence electrons. The summed E-state index contributed by atoms with van der Waals surface area (Å²) in [5.41, 5.74) is 1.97. The van der Waals surface area contributed by atoms with Crippen molar-refractivity contribution >= 4 is 29.1 Å². The van der Waals surface area contributed by atoms with E-state index in [4.69, 9.17) is 18.6 Å². The second-order valence-electron chi connectivity index (χ2n) is 9.37. The Bertz CT molecular complexity index is 1930. The number of hydrogen-bond acceptors (Lipinski definition) is 10. The number of methoxy groups -OCH3 is 2. The highest BCUT2D eigenvalue weighted by Gasteiger charge is 2.35. The van der Waals surface area contributed by atoms with Crippen molar-refractivity contribution in [2.24, 2.45) is 4.99 Å². The first-order valence-corrected chi connectivity index (χ1v) is 13.7. The van der Waals surface area contributed by atoms with Crippen LogP contribution in [-0.2, 0) is 9.53 Å². The van der Waals surface area contributed by atoms with Gasteiger partial charge < -0.3 is 18.6 Å². The molecule has 1 aliphatic heterocycles. The molecule has 0 N–H and O–H groups in total. The van der Waals surface area contributed by atoms with Gasteiger partial charge in [-0.15, -0.1) is 0 Å². The fraction of sp³-hybridized carbons (Fsp3) is 0.233. The van der Waals surface area contributed by atoms with Crippen LogP contribution >= 0.6 is 11.3 Å². The molecule has 0 radical (unpaired) electrons. The quantitative estimate of drug-likeness (QED) is 0.169. The summed E-state index contributed by atoms with van der Waals surface area (Å²) in [6.45, 7) is 5.30. The maximum absolute atomic E-state index is 14.0. The topological polar surface area (TPSA) is 135 Å². The number of carbonyl (C=O) groups is 1. The molecule has 5 rings (SSSR count). The molecule has 1 atom stereocenters. The van der Waals surface area contributed by atoms with Gasteiger partial charge >= 0.3 is 5.97 Å². The number of thiazole rings is 1. The largest absolute Gasteiger partial charge is 0.497 e. The minimum Gasteiger partial charge on any atom is -0.497 e. The van der Waals surface area contributed by atoms with E-state index in [9.17, 15) is 19.7 Å². The number of fused-ring (bicyclic) bond motifs is 1. The van der Waals surface area contributed by atoms with Crippen molar-refractivity contribution in [1.82, 2.24) is 4.57 Å². The molecule has 0 saturated heterocycles. The lowest BCUT2D eigenvalue weighted by Gasteiger charge is -2.22. The Kier molecular flexibility index (Phi) is 7.81. The van der Waals surface area contributed by atoms with E-state index in [1.807, 2.05) is 6.92 Å². The smallest absolute Gasteiger partial charge is 0.338 e. The van der Waals surface area contributed by atoms with Gasteiger partial charge in [0, 0.05) is 23.3 Å². The van der Waals surface area contributed by atoms with Crippen LogP contribution < -0.4 is 24.4 Å². The summed E-state index contributed by atoms with van der Waals surface area (Å²) in [6, 6.07) is 12.1. The van der Waals surface area contributed by atoms with Gasteiger partial charge in [-0.05, 0) is 62.7 Å². The average Bonchev–Trinajstić information content (AvgIpc) is 3.57. The summed E-state index contributed by atoms with van der Waals surface area (Å²) in [6.07, 6.45) is 1.69. The van der Waals surface area contributed by atoms with E-state index < -0.39 is 22.5 Å². The fourth-order valence-corrected chi connectivity index (χ4v) is 5.83. The monoisotopic (exact) mass is 589 g/mol. The third-order valence-electron chi connectivity index (χ3n) is 6.83. The van der Waals surface area contributed by atoms with Crippen molar-refractivity contribution in [3.8, 4) is 22.8 Å². The van der Waals surface area contributed by atoms with Crippen LogP contribution in [0.25, 0.3) is 17.4 Å². The van der Waals surface area contributed by atoms with Crippen LogP contribution in [0.4, 0.5) is 5.69 Å². The summed E-state index contributed by atoms with van der Waals surface area (Å²) in [7, 11) is 3.08. The van der Waals surface area contributed by atoms with E-state index in [0.717, 1.165) is 16.9 Å². The average molecular weight is 590 g/mol. The first kappa shape index (κ1) is 28.6. The van der Waals surface area contributed by atoms with Gasteiger partial charge in [0.15, 0.2) is 4.80 Å². The van der Waals surface area contributed by atoms with E-state index in [1.54, 1.807) is 63.4 Å². The predicted molar refractivity (Wildman–Crippen MR) is 155 cm³/mol. The number of rotatable bonds is 8. The zero-order valence-corrected chi connectivity index (χ0v) is 24.3. The molecule has 1 aliphatic rings. The Balaban J connectivity index is 1.71. The number of nitro benzene ring substituents is 1. The number of non-ortho nitro benzene ring substituents is 1. The molecule has 0 aliphatic carbocycles. The van der Waals surface area contributed by atoms with Crippen LogP contribution in [0.1, 0.15) is 36.8 Å². The molecule has 0 unspecified atom stereocenters. The van der Waals surface area contributed by atoms with E-state index >= 15 is 0 Å². The Hall–Kier alpha value is -4.97. The summed E-state index contributed by atoms with van der Waals surface area (Å²) < 4.78 is 24.2. The second kappa shape index (κ2) is 11.5. The van der Waals surface area contributed by atoms with Crippen molar-refractivity contribution in [3.05, 3.63) is 106 Å². The Morgan fingerprint density at radius 3 is 2.62 bits per heavy atom. The number of allylic oxidation sites excluding steroid dienone is 1. The van der Waals surface area contributed by atoms with Crippen molar-refractivity contribution in [1.29, 1.82) is 0 Å². The molecule has 2 aromatic carbocycles. The molecule has 0 bridgehead atoms. The number of benzene rings is 2. The number of nitro groups is 1. The minimum absolute atomic E-state index is 0.0857. The van der Waals surface area contributed by atoms with E-state index in [0.29, 0.717) is 43.4 Å². The number of carbonyl (C=O) groups excluding carboxylic acids is 1. The number of ether oxygens (including phenoxy) is 3. The highest BCUT2D eigenvalue weighted by Crippen LogP contribution is 2.36. The molecular weight excluding hydrogens is 562 g/mol. The first-order chi connectivity index (χ1) is 20.2. The number of aromatic nitrogens is 1. The maximum Gasteiger partial charge on any atom is 0.338 e. The third-order valence-corrected chi connectivity index (χ3v) is 7.82. The van der Waals surface area contributed by atoms with Gasteiger partial charge in [-0.3, -0.25) is 19.5 Å². The van der Waals surface area contributed by atoms with Gasteiger partial charge in [-0.25, -0.2) is 9.79 Å². The number of furan rings is 1. The Morgan fingerprint density at radius 2 is 1.93 bits per heavy atom. The van der Waals surface area contributed by atoms with Crippen LogP contribution in [-0.4, -0.2) is 36.3 Å². The minimum atomic E-state index is -0.984. The normalized spacial score (nSPS) is 14.8. The van der Waals surface area contributed by atoms with Crippen molar-refractivity contribution in [2.45, 2.75) is 26.8 Å².